The van der Waals surface area contributed by atoms with E-state index in [0.29, 0.717) is 0 Å². The molecule has 3 heteroatoms. The van der Waals surface area contributed by atoms with Gasteiger partial charge in [0.15, 0.2) is 0 Å². The number of amides is 1. The van der Waals surface area contributed by atoms with Crippen molar-refractivity contribution in [1.82, 2.24) is 4.90 Å². The van der Waals surface area contributed by atoms with Crippen LogP contribution >= 0.6 is 15.9 Å². The molecule has 88 valence electrons. The van der Waals surface area contributed by atoms with Crippen molar-refractivity contribution in [1.29, 1.82) is 0 Å². The van der Waals surface area contributed by atoms with Crippen LogP contribution in [0.15, 0.2) is 18.2 Å². The zero-order valence-electron chi connectivity index (χ0n) is 10.1. The summed E-state index contributed by atoms with van der Waals surface area (Å²) in [6, 6.07) is 5.98. The third-order valence-electron chi connectivity index (χ3n) is 2.49. The smallest absolute Gasteiger partial charge is 0.253 e. The third kappa shape index (κ3) is 3.34. The van der Waals surface area contributed by atoms with Crippen molar-refractivity contribution in [2.75, 3.05) is 18.4 Å². The molecule has 0 radical (unpaired) electrons. The minimum absolute atomic E-state index is 0.119. The average molecular weight is 284 g/mol. The summed E-state index contributed by atoms with van der Waals surface area (Å²) in [7, 11) is 0. The first-order valence-electron chi connectivity index (χ1n) is 5.52. The molecule has 1 aromatic carbocycles. The molecule has 0 fully saturated rings. The first-order chi connectivity index (χ1) is 7.58. The van der Waals surface area contributed by atoms with Crippen molar-refractivity contribution >= 4 is 21.8 Å². The van der Waals surface area contributed by atoms with Gasteiger partial charge >= 0.3 is 0 Å². The molecule has 0 aliphatic rings. The van der Waals surface area contributed by atoms with Crippen molar-refractivity contribution in [3.05, 3.63) is 34.9 Å². The van der Waals surface area contributed by atoms with E-state index in [0.717, 1.165) is 35.1 Å². The number of alkyl halides is 1. The Balaban J connectivity index is 2.94. The van der Waals surface area contributed by atoms with Crippen molar-refractivity contribution in [2.45, 2.75) is 20.8 Å². The standard InChI is InChI=1S/C13H18BrNO/c1-4-15(6-5-14)13(16)12-8-10(2)7-11(3)9-12/h7-9H,4-6H2,1-3H3. The van der Waals surface area contributed by atoms with Gasteiger partial charge in [0.05, 0.1) is 0 Å². The van der Waals surface area contributed by atoms with E-state index in [2.05, 4.69) is 22.0 Å². The highest BCUT2D eigenvalue weighted by atomic mass is 79.9. The Labute approximate surface area is 106 Å². The quantitative estimate of drug-likeness (QED) is 0.778. The number of rotatable bonds is 4. The van der Waals surface area contributed by atoms with Crippen molar-refractivity contribution < 1.29 is 4.79 Å². The van der Waals surface area contributed by atoms with Gasteiger partial charge in [-0.25, -0.2) is 0 Å². The predicted molar refractivity (Wildman–Crippen MR) is 71.3 cm³/mol. The second-order valence-electron chi connectivity index (χ2n) is 3.95. The summed E-state index contributed by atoms with van der Waals surface area (Å²) in [6.07, 6.45) is 0. The van der Waals surface area contributed by atoms with Crippen molar-refractivity contribution in [3.63, 3.8) is 0 Å². The molecule has 1 aromatic rings. The monoisotopic (exact) mass is 283 g/mol. The zero-order valence-corrected chi connectivity index (χ0v) is 11.7. The maximum absolute atomic E-state index is 12.2. The fraction of sp³-hybridized carbons (Fsp3) is 0.462. The molecule has 2 nitrogen and oxygen atoms in total. The number of benzene rings is 1. The highest BCUT2D eigenvalue weighted by Gasteiger charge is 2.13. The first-order valence-corrected chi connectivity index (χ1v) is 6.64. The molecule has 0 N–H and O–H groups in total. The fourth-order valence-corrected chi connectivity index (χ4v) is 2.21. The summed E-state index contributed by atoms with van der Waals surface area (Å²) < 4.78 is 0. The van der Waals surface area contributed by atoms with E-state index in [4.69, 9.17) is 0 Å². The predicted octanol–water partition coefficient (Wildman–Crippen LogP) is 3.16. The number of hydrogen-bond acceptors (Lipinski definition) is 1. The molecule has 0 aromatic heterocycles. The highest BCUT2D eigenvalue weighted by molar-refractivity contribution is 9.09. The third-order valence-corrected chi connectivity index (χ3v) is 2.85. The Morgan fingerprint density at radius 3 is 2.25 bits per heavy atom. The van der Waals surface area contributed by atoms with E-state index < -0.39 is 0 Å². The van der Waals surface area contributed by atoms with E-state index in [-0.39, 0.29) is 5.91 Å². The number of carbonyl (C=O) groups excluding carboxylic acids is 1. The lowest BCUT2D eigenvalue weighted by atomic mass is 10.1. The number of nitrogens with zero attached hydrogens (tertiary/aromatic N) is 1. The Morgan fingerprint density at radius 1 is 1.25 bits per heavy atom. The minimum atomic E-state index is 0.119. The first kappa shape index (κ1) is 13.2. The number of aryl methyl sites for hydroxylation is 2. The molecule has 0 heterocycles. The molecular formula is C13H18BrNO. The van der Waals surface area contributed by atoms with Gasteiger partial charge in [0.25, 0.3) is 5.91 Å². The van der Waals surface area contributed by atoms with Gasteiger partial charge in [0.1, 0.15) is 0 Å². The van der Waals surface area contributed by atoms with Crippen LogP contribution in [-0.4, -0.2) is 29.2 Å². The van der Waals surface area contributed by atoms with Gasteiger partial charge in [-0.15, -0.1) is 0 Å². The van der Waals surface area contributed by atoms with Gasteiger partial charge in [0.2, 0.25) is 0 Å². The highest BCUT2D eigenvalue weighted by Crippen LogP contribution is 2.11. The van der Waals surface area contributed by atoms with Crippen LogP contribution in [0, 0.1) is 13.8 Å². The molecule has 1 amide bonds. The molecular weight excluding hydrogens is 266 g/mol. The van der Waals surface area contributed by atoms with E-state index in [1.165, 1.54) is 0 Å². The van der Waals surface area contributed by atoms with E-state index in [1.54, 1.807) is 0 Å². The lowest BCUT2D eigenvalue weighted by molar-refractivity contribution is 0.0774. The van der Waals surface area contributed by atoms with Gasteiger partial charge in [-0.1, -0.05) is 33.1 Å². The lowest BCUT2D eigenvalue weighted by Gasteiger charge is -2.20. The average Bonchev–Trinajstić information content (AvgIpc) is 2.23. The van der Waals surface area contributed by atoms with Gasteiger partial charge in [-0.3, -0.25) is 4.79 Å². The van der Waals surface area contributed by atoms with Gasteiger partial charge in [-0.2, -0.15) is 0 Å². The second kappa shape index (κ2) is 6.04. The van der Waals surface area contributed by atoms with E-state index >= 15 is 0 Å². The van der Waals surface area contributed by atoms with Crippen LogP contribution in [0.5, 0.6) is 0 Å². The van der Waals surface area contributed by atoms with Gasteiger partial charge in [-0.05, 0) is 32.9 Å². The van der Waals surface area contributed by atoms with E-state index in [9.17, 15) is 4.79 Å². The van der Waals surface area contributed by atoms with Gasteiger partial charge < -0.3 is 4.90 Å². The van der Waals surface area contributed by atoms with E-state index in [1.807, 2.05) is 37.8 Å². The van der Waals surface area contributed by atoms with Crippen LogP contribution in [0.2, 0.25) is 0 Å². The zero-order chi connectivity index (χ0) is 12.1. The summed E-state index contributed by atoms with van der Waals surface area (Å²) in [5.74, 6) is 0.119. The summed E-state index contributed by atoms with van der Waals surface area (Å²) in [5, 5.41) is 0.817. The Morgan fingerprint density at radius 2 is 1.81 bits per heavy atom. The summed E-state index contributed by atoms with van der Waals surface area (Å²) in [6.45, 7) is 7.54. The Kier molecular flexibility index (Phi) is 5.00. The summed E-state index contributed by atoms with van der Waals surface area (Å²) in [5.41, 5.74) is 3.07. The van der Waals surface area contributed by atoms with Crippen molar-refractivity contribution in [3.8, 4) is 0 Å². The van der Waals surface area contributed by atoms with Crippen molar-refractivity contribution in [2.24, 2.45) is 0 Å². The molecule has 0 saturated carbocycles. The maximum atomic E-state index is 12.2. The molecule has 0 spiro atoms. The topological polar surface area (TPSA) is 20.3 Å². The summed E-state index contributed by atoms with van der Waals surface area (Å²) >= 11 is 3.37. The summed E-state index contributed by atoms with van der Waals surface area (Å²) in [4.78, 5) is 14.0. The lowest BCUT2D eigenvalue weighted by Crippen LogP contribution is -2.32. The van der Waals surface area contributed by atoms with Gasteiger partial charge in [0, 0.05) is 24.0 Å². The molecule has 0 unspecified atom stereocenters. The minimum Gasteiger partial charge on any atom is -0.338 e. The molecule has 0 aliphatic heterocycles. The number of halogens is 1. The molecule has 0 atom stereocenters. The molecule has 0 aliphatic carbocycles. The Hall–Kier alpha value is -0.830. The second-order valence-corrected chi connectivity index (χ2v) is 4.74. The van der Waals surface area contributed by atoms with Crippen LogP contribution in [0.25, 0.3) is 0 Å². The number of carbonyl (C=O) groups is 1. The SMILES string of the molecule is CCN(CCBr)C(=O)c1cc(C)cc(C)c1. The molecule has 16 heavy (non-hydrogen) atoms. The maximum Gasteiger partial charge on any atom is 0.253 e. The van der Waals surface area contributed by atoms with Crippen LogP contribution in [0.3, 0.4) is 0 Å². The van der Waals surface area contributed by atoms with Crippen LogP contribution < -0.4 is 0 Å². The number of hydrogen-bond donors (Lipinski definition) is 0. The van der Waals surface area contributed by atoms with Crippen LogP contribution in [-0.2, 0) is 0 Å². The molecule has 0 saturated heterocycles. The molecule has 0 bridgehead atoms. The molecule has 1 rings (SSSR count). The largest absolute Gasteiger partial charge is 0.338 e. The normalized spacial score (nSPS) is 10.2. The fourth-order valence-electron chi connectivity index (χ4n) is 1.79. The van der Waals surface area contributed by atoms with Crippen LogP contribution in [0.4, 0.5) is 0 Å². The van der Waals surface area contributed by atoms with Crippen LogP contribution in [0.1, 0.15) is 28.4 Å². The Bertz CT molecular complexity index is 356.